The second-order valence-electron chi connectivity index (χ2n) is 13.1. The van der Waals surface area contributed by atoms with Crippen LogP contribution >= 0.6 is 7.82 Å². The van der Waals surface area contributed by atoms with Gasteiger partial charge in [0.1, 0.15) is 0 Å². The number of nitrogens with one attached hydrogen (secondary N) is 1. The Balaban J connectivity index is 4.40. The van der Waals surface area contributed by atoms with E-state index < -0.39 is 20.0 Å². The predicted molar refractivity (Wildman–Crippen MR) is 207 cm³/mol. The second kappa shape index (κ2) is 36.3. The molecule has 0 aromatic rings. The highest BCUT2D eigenvalue weighted by Crippen LogP contribution is 2.43. The van der Waals surface area contributed by atoms with Crippen LogP contribution in [0.4, 0.5) is 0 Å². The number of carbonyl (C=O) groups is 1. The number of phosphoric acid groups is 1. The first-order valence-electron chi connectivity index (χ1n) is 19.8. The van der Waals surface area contributed by atoms with E-state index in [1.54, 1.807) is 6.08 Å². The zero-order valence-corrected chi connectivity index (χ0v) is 32.3. The van der Waals surface area contributed by atoms with Gasteiger partial charge in [-0.3, -0.25) is 13.8 Å². The SMILES string of the molecule is CCCCCCC/C=C\CCCCCCCC(=O)NC(COP(=O)(O)OCCN)C(O)/C=C/CC/C=C/CC/C=C/CCCCCCCC. The van der Waals surface area contributed by atoms with Crippen LogP contribution in [0.15, 0.2) is 48.6 Å². The van der Waals surface area contributed by atoms with Gasteiger partial charge in [0.2, 0.25) is 5.91 Å². The van der Waals surface area contributed by atoms with Crippen molar-refractivity contribution < 1.29 is 28.4 Å². The largest absolute Gasteiger partial charge is 0.472 e. The lowest BCUT2D eigenvalue weighted by Gasteiger charge is -2.23. The molecule has 0 aromatic carbocycles. The Morgan fingerprint density at radius 1 is 0.653 bits per heavy atom. The van der Waals surface area contributed by atoms with Crippen LogP contribution in [0.25, 0.3) is 0 Å². The number of phosphoric ester groups is 1. The van der Waals surface area contributed by atoms with Crippen molar-refractivity contribution in [3.63, 3.8) is 0 Å². The van der Waals surface area contributed by atoms with Crippen LogP contribution in [0.2, 0.25) is 0 Å². The van der Waals surface area contributed by atoms with Crippen molar-refractivity contribution in [3.05, 3.63) is 48.6 Å². The van der Waals surface area contributed by atoms with E-state index in [1.807, 2.05) is 6.08 Å². The lowest BCUT2D eigenvalue weighted by molar-refractivity contribution is -0.123. The van der Waals surface area contributed by atoms with E-state index in [2.05, 4.69) is 55.6 Å². The summed E-state index contributed by atoms with van der Waals surface area (Å²) in [6.07, 6.45) is 43.0. The summed E-state index contributed by atoms with van der Waals surface area (Å²) in [6, 6.07) is -0.886. The van der Waals surface area contributed by atoms with Crippen molar-refractivity contribution in [2.75, 3.05) is 19.8 Å². The topological polar surface area (TPSA) is 131 Å². The minimum atomic E-state index is -4.35. The molecule has 3 unspecified atom stereocenters. The summed E-state index contributed by atoms with van der Waals surface area (Å²) in [5.41, 5.74) is 5.35. The van der Waals surface area contributed by atoms with Gasteiger partial charge in [-0.2, -0.15) is 0 Å². The fourth-order valence-corrected chi connectivity index (χ4v) is 6.09. The van der Waals surface area contributed by atoms with Gasteiger partial charge < -0.3 is 21.1 Å². The molecule has 0 fully saturated rings. The van der Waals surface area contributed by atoms with Crippen molar-refractivity contribution in [3.8, 4) is 0 Å². The van der Waals surface area contributed by atoms with Crippen LogP contribution in [0.5, 0.6) is 0 Å². The third kappa shape index (κ3) is 34.7. The molecule has 0 heterocycles. The molecule has 9 heteroatoms. The molecule has 0 bridgehead atoms. The summed E-state index contributed by atoms with van der Waals surface area (Å²) in [4.78, 5) is 22.6. The van der Waals surface area contributed by atoms with Gasteiger partial charge in [0.15, 0.2) is 0 Å². The van der Waals surface area contributed by atoms with E-state index in [9.17, 15) is 19.4 Å². The Labute approximate surface area is 301 Å². The maximum absolute atomic E-state index is 12.7. The molecule has 0 aromatic heterocycles. The number of rotatable bonds is 36. The van der Waals surface area contributed by atoms with E-state index in [0.717, 1.165) is 64.2 Å². The molecule has 0 radical (unpaired) electrons. The number of carbonyl (C=O) groups excluding carboxylic acids is 1. The minimum Gasteiger partial charge on any atom is -0.387 e. The highest BCUT2D eigenvalue weighted by Gasteiger charge is 2.26. The van der Waals surface area contributed by atoms with Crippen molar-refractivity contribution in [2.24, 2.45) is 5.73 Å². The molecule has 0 saturated heterocycles. The zero-order chi connectivity index (χ0) is 36.1. The molecule has 49 heavy (non-hydrogen) atoms. The summed E-state index contributed by atoms with van der Waals surface area (Å²) in [5.74, 6) is -0.220. The molecule has 0 aliphatic rings. The first-order chi connectivity index (χ1) is 23.9. The highest BCUT2D eigenvalue weighted by atomic mass is 31.2. The van der Waals surface area contributed by atoms with Crippen LogP contribution in [0, 0.1) is 0 Å². The molecule has 1 amide bonds. The number of amides is 1. The van der Waals surface area contributed by atoms with Crippen LogP contribution < -0.4 is 11.1 Å². The Hall–Kier alpha value is -1.54. The number of nitrogens with two attached hydrogens (primary N) is 1. The van der Waals surface area contributed by atoms with E-state index in [1.165, 1.54) is 83.5 Å². The number of allylic oxidation sites excluding steroid dienone is 7. The maximum atomic E-state index is 12.7. The van der Waals surface area contributed by atoms with Crippen LogP contribution in [0.1, 0.15) is 168 Å². The average molecular weight is 711 g/mol. The predicted octanol–water partition coefficient (Wildman–Crippen LogP) is 10.6. The summed E-state index contributed by atoms with van der Waals surface area (Å²) in [7, 11) is -4.35. The molecular weight excluding hydrogens is 635 g/mol. The zero-order valence-electron chi connectivity index (χ0n) is 31.4. The minimum absolute atomic E-state index is 0.0692. The Bertz CT molecular complexity index is 907. The molecular formula is C40H75N2O6P. The molecule has 0 rings (SSSR count). The fourth-order valence-electron chi connectivity index (χ4n) is 5.33. The number of hydrogen-bond donors (Lipinski definition) is 4. The standard InChI is InChI=1S/C40H75N2O6P/c1-3-5-7-9-11-13-15-17-19-20-21-23-25-27-29-31-33-39(43)38(37-48-49(45,46)47-36-35-41)42-40(44)34-32-30-28-26-24-22-18-16-14-12-10-8-6-4-2/h16-19,23,25,31,33,38-39,43H,3-15,20-22,24,26-30,32,34-37,41H2,1-2H3,(H,42,44)(H,45,46)/b18-16-,19-17+,25-23+,33-31+. The normalized spacial score (nSPS) is 14.8. The summed E-state index contributed by atoms with van der Waals surface area (Å²) in [6.45, 7) is 4.06. The van der Waals surface area contributed by atoms with Gasteiger partial charge in [0, 0.05) is 13.0 Å². The number of unbranched alkanes of at least 4 members (excludes halogenated alkanes) is 18. The molecule has 5 N–H and O–H groups in total. The van der Waals surface area contributed by atoms with Crippen molar-refractivity contribution in [2.45, 2.75) is 180 Å². The van der Waals surface area contributed by atoms with Gasteiger partial charge in [0.05, 0.1) is 25.4 Å². The Kier molecular flexibility index (Phi) is 35.1. The second-order valence-corrected chi connectivity index (χ2v) is 14.6. The number of hydrogen-bond acceptors (Lipinski definition) is 6. The Morgan fingerprint density at radius 3 is 1.57 bits per heavy atom. The molecule has 0 aliphatic carbocycles. The monoisotopic (exact) mass is 711 g/mol. The fraction of sp³-hybridized carbons (Fsp3) is 0.775. The average Bonchev–Trinajstić information content (AvgIpc) is 3.09. The summed E-state index contributed by atoms with van der Waals surface area (Å²) in [5, 5.41) is 13.6. The third-order valence-electron chi connectivity index (χ3n) is 8.35. The first kappa shape index (κ1) is 47.5. The quantitative estimate of drug-likeness (QED) is 0.0289. The van der Waals surface area contributed by atoms with E-state index in [4.69, 9.17) is 14.8 Å². The van der Waals surface area contributed by atoms with Crippen molar-refractivity contribution in [1.29, 1.82) is 0 Å². The third-order valence-corrected chi connectivity index (χ3v) is 9.34. The molecule has 0 spiro atoms. The molecule has 0 saturated carbocycles. The van der Waals surface area contributed by atoms with Gasteiger partial charge >= 0.3 is 7.82 Å². The van der Waals surface area contributed by atoms with Crippen LogP contribution in [-0.4, -0.2) is 47.8 Å². The smallest absolute Gasteiger partial charge is 0.387 e. The molecule has 3 atom stereocenters. The van der Waals surface area contributed by atoms with Gasteiger partial charge in [-0.25, -0.2) is 4.57 Å². The van der Waals surface area contributed by atoms with Gasteiger partial charge in [-0.05, 0) is 70.6 Å². The Morgan fingerprint density at radius 2 is 1.08 bits per heavy atom. The van der Waals surface area contributed by atoms with Gasteiger partial charge in [-0.1, -0.05) is 140 Å². The van der Waals surface area contributed by atoms with Crippen molar-refractivity contribution in [1.82, 2.24) is 5.32 Å². The first-order valence-corrected chi connectivity index (χ1v) is 21.3. The van der Waals surface area contributed by atoms with E-state index in [-0.39, 0.29) is 25.7 Å². The number of aliphatic hydroxyl groups excluding tert-OH is 1. The molecule has 8 nitrogen and oxygen atoms in total. The molecule has 286 valence electrons. The highest BCUT2D eigenvalue weighted by molar-refractivity contribution is 7.47. The van der Waals surface area contributed by atoms with E-state index >= 15 is 0 Å². The van der Waals surface area contributed by atoms with E-state index in [0.29, 0.717) is 6.42 Å². The van der Waals surface area contributed by atoms with Crippen LogP contribution in [0.3, 0.4) is 0 Å². The lowest BCUT2D eigenvalue weighted by atomic mass is 10.1. The van der Waals surface area contributed by atoms with Gasteiger partial charge in [-0.15, -0.1) is 0 Å². The lowest BCUT2D eigenvalue weighted by Crippen LogP contribution is -2.45. The summed E-state index contributed by atoms with van der Waals surface area (Å²) >= 11 is 0. The van der Waals surface area contributed by atoms with Gasteiger partial charge in [0.25, 0.3) is 0 Å². The van der Waals surface area contributed by atoms with Crippen molar-refractivity contribution >= 4 is 13.7 Å². The maximum Gasteiger partial charge on any atom is 0.472 e. The molecule has 0 aliphatic heterocycles. The summed E-state index contributed by atoms with van der Waals surface area (Å²) < 4.78 is 22.0. The van der Waals surface area contributed by atoms with Crippen LogP contribution in [-0.2, 0) is 18.4 Å². The number of aliphatic hydroxyl groups is 1.